The topological polar surface area (TPSA) is 64.1 Å². The second kappa shape index (κ2) is 3.77. The summed E-state index contributed by atoms with van der Waals surface area (Å²) in [5.74, 6) is 0.516. The lowest BCUT2D eigenvalue weighted by molar-refractivity contribution is 0.480. The largest absolute Gasteiger partial charge is 0.506 e. The highest BCUT2D eigenvalue weighted by Crippen LogP contribution is 2.28. The van der Waals surface area contributed by atoms with E-state index in [0.717, 1.165) is 16.8 Å². The van der Waals surface area contributed by atoms with Crippen LogP contribution in [0.25, 0.3) is 16.7 Å². The van der Waals surface area contributed by atoms with Crippen LogP contribution in [0, 0.1) is 6.92 Å². The van der Waals surface area contributed by atoms with Crippen LogP contribution in [-0.2, 0) is 0 Å². The van der Waals surface area contributed by atoms with Crippen LogP contribution < -0.4 is 5.73 Å². The van der Waals surface area contributed by atoms with Crippen LogP contribution >= 0.6 is 0 Å². The summed E-state index contributed by atoms with van der Waals surface area (Å²) < 4.78 is 1.84. The molecule has 3 N–H and O–H groups in total. The molecule has 0 amide bonds. The SMILES string of the molecule is Cc1cccc(-n2c(N)nc3c(O)cccc32)c1. The summed E-state index contributed by atoms with van der Waals surface area (Å²) in [5, 5.41) is 9.78. The number of benzene rings is 2. The van der Waals surface area contributed by atoms with Gasteiger partial charge in [0.1, 0.15) is 11.3 Å². The summed E-state index contributed by atoms with van der Waals surface area (Å²) in [6.45, 7) is 2.02. The van der Waals surface area contributed by atoms with E-state index in [0.29, 0.717) is 11.5 Å². The molecule has 0 fully saturated rings. The number of aromatic hydroxyl groups is 1. The van der Waals surface area contributed by atoms with Gasteiger partial charge in [0.2, 0.25) is 5.95 Å². The van der Waals surface area contributed by atoms with Gasteiger partial charge in [-0.05, 0) is 36.8 Å². The number of nitrogen functional groups attached to an aromatic ring is 1. The molecule has 0 saturated carbocycles. The monoisotopic (exact) mass is 239 g/mol. The first-order valence-corrected chi connectivity index (χ1v) is 5.70. The highest BCUT2D eigenvalue weighted by atomic mass is 16.3. The molecule has 0 aliphatic rings. The second-order valence-corrected chi connectivity index (χ2v) is 4.29. The fourth-order valence-electron chi connectivity index (χ4n) is 2.14. The number of imidazole rings is 1. The van der Waals surface area contributed by atoms with E-state index in [2.05, 4.69) is 4.98 Å². The van der Waals surface area contributed by atoms with E-state index in [-0.39, 0.29) is 5.75 Å². The van der Waals surface area contributed by atoms with Crippen molar-refractivity contribution in [2.45, 2.75) is 6.92 Å². The average molecular weight is 239 g/mol. The highest BCUT2D eigenvalue weighted by Gasteiger charge is 2.12. The molecule has 0 radical (unpaired) electrons. The first-order valence-electron chi connectivity index (χ1n) is 5.70. The predicted molar refractivity (Wildman–Crippen MR) is 71.9 cm³/mol. The van der Waals surface area contributed by atoms with Crippen LogP contribution in [0.2, 0.25) is 0 Å². The lowest BCUT2D eigenvalue weighted by Crippen LogP contribution is -2.00. The van der Waals surface area contributed by atoms with E-state index in [1.54, 1.807) is 12.1 Å². The molecule has 0 aliphatic carbocycles. The lowest BCUT2D eigenvalue weighted by Gasteiger charge is -2.07. The van der Waals surface area contributed by atoms with Crippen LogP contribution in [-0.4, -0.2) is 14.7 Å². The summed E-state index contributed by atoms with van der Waals surface area (Å²) in [6.07, 6.45) is 0. The molecule has 18 heavy (non-hydrogen) atoms. The van der Waals surface area contributed by atoms with Crippen molar-refractivity contribution in [3.63, 3.8) is 0 Å². The van der Waals surface area contributed by atoms with Crippen molar-refractivity contribution in [2.75, 3.05) is 5.73 Å². The van der Waals surface area contributed by atoms with E-state index in [9.17, 15) is 5.11 Å². The number of fused-ring (bicyclic) bond motifs is 1. The van der Waals surface area contributed by atoms with Crippen LogP contribution in [0.3, 0.4) is 0 Å². The molecule has 2 aromatic carbocycles. The summed E-state index contributed by atoms with van der Waals surface area (Å²) in [5.41, 5.74) is 9.37. The molecular weight excluding hydrogens is 226 g/mol. The Labute approximate surface area is 104 Å². The number of aromatic nitrogens is 2. The van der Waals surface area contributed by atoms with Gasteiger partial charge in [-0.25, -0.2) is 4.98 Å². The molecule has 0 unspecified atom stereocenters. The van der Waals surface area contributed by atoms with Crippen LogP contribution in [0.1, 0.15) is 5.56 Å². The number of aryl methyl sites for hydroxylation is 1. The van der Waals surface area contributed by atoms with Crippen LogP contribution in [0.5, 0.6) is 5.75 Å². The van der Waals surface area contributed by atoms with Crippen molar-refractivity contribution >= 4 is 17.0 Å². The standard InChI is InChI=1S/C14H13N3O/c1-9-4-2-5-10(8-9)17-11-6-3-7-12(18)13(11)16-14(17)15/h2-8,18H,1H3,(H2,15,16). The van der Waals surface area contributed by atoms with Crippen molar-refractivity contribution in [3.05, 3.63) is 48.0 Å². The fraction of sp³-hybridized carbons (Fsp3) is 0.0714. The maximum atomic E-state index is 9.78. The number of hydrogen-bond acceptors (Lipinski definition) is 3. The first kappa shape index (κ1) is 10.7. The minimum Gasteiger partial charge on any atom is -0.506 e. The molecule has 0 aliphatic heterocycles. The molecular formula is C14H13N3O. The number of para-hydroxylation sites is 1. The Hall–Kier alpha value is -2.49. The van der Waals surface area contributed by atoms with E-state index < -0.39 is 0 Å². The number of nitrogens with zero attached hydrogens (tertiary/aromatic N) is 2. The predicted octanol–water partition coefficient (Wildman–Crippen LogP) is 2.62. The van der Waals surface area contributed by atoms with E-state index in [1.165, 1.54) is 0 Å². The number of phenols is 1. The number of nitrogens with two attached hydrogens (primary N) is 1. The van der Waals surface area contributed by atoms with Crippen molar-refractivity contribution in [2.24, 2.45) is 0 Å². The quantitative estimate of drug-likeness (QED) is 0.686. The molecule has 0 atom stereocenters. The molecule has 0 saturated heterocycles. The van der Waals surface area contributed by atoms with Crippen molar-refractivity contribution in [3.8, 4) is 11.4 Å². The number of phenolic OH excluding ortho intramolecular Hbond substituents is 1. The maximum Gasteiger partial charge on any atom is 0.206 e. The highest BCUT2D eigenvalue weighted by molar-refractivity contribution is 5.85. The van der Waals surface area contributed by atoms with Gasteiger partial charge >= 0.3 is 0 Å². The second-order valence-electron chi connectivity index (χ2n) is 4.29. The van der Waals surface area contributed by atoms with Crippen molar-refractivity contribution < 1.29 is 5.11 Å². The zero-order valence-corrected chi connectivity index (χ0v) is 9.96. The van der Waals surface area contributed by atoms with Gasteiger partial charge in [-0.2, -0.15) is 0 Å². The van der Waals surface area contributed by atoms with Gasteiger partial charge in [-0.15, -0.1) is 0 Å². The normalized spacial score (nSPS) is 10.9. The van der Waals surface area contributed by atoms with Crippen molar-refractivity contribution in [1.29, 1.82) is 0 Å². The molecule has 90 valence electrons. The third-order valence-corrected chi connectivity index (χ3v) is 2.95. The average Bonchev–Trinajstić information content (AvgIpc) is 2.67. The van der Waals surface area contributed by atoms with Crippen molar-refractivity contribution in [1.82, 2.24) is 9.55 Å². The molecule has 3 rings (SSSR count). The van der Waals surface area contributed by atoms with Crippen LogP contribution in [0.4, 0.5) is 5.95 Å². The Morgan fingerprint density at radius 2 is 1.94 bits per heavy atom. The number of hydrogen-bond donors (Lipinski definition) is 2. The van der Waals surface area contributed by atoms with Gasteiger partial charge in [0.05, 0.1) is 5.52 Å². The summed E-state index contributed by atoms with van der Waals surface area (Å²) in [7, 11) is 0. The Kier molecular flexibility index (Phi) is 2.23. The summed E-state index contributed by atoms with van der Waals surface area (Å²) in [6, 6.07) is 13.3. The fourth-order valence-corrected chi connectivity index (χ4v) is 2.14. The third-order valence-electron chi connectivity index (χ3n) is 2.95. The molecule has 3 aromatic rings. The van der Waals surface area contributed by atoms with Gasteiger partial charge in [0, 0.05) is 5.69 Å². The zero-order valence-electron chi connectivity index (χ0n) is 9.96. The molecule has 0 bridgehead atoms. The maximum absolute atomic E-state index is 9.78. The Morgan fingerprint density at radius 1 is 1.17 bits per heavy atom. The Morgan fingerprint density at radius 3 is 2.72 bits per heavy atom. The van der Waals surface area contributed by atoms with Gasteiger partial charge < -0.3 is 10.8 Å². The minimum atomic E-state index is 0.144. The van der Waals surface area contributed by atoms with E-state index in [4.69, 9.17) is 5.73 Å². The Balaban J connectivity index is 2.36. The minimum absolute atomic E-state index is 0.144. The van der Waals surface area contributed by atoms with Gasteiger partial charge in [-0.3, -0.25) is 4.57 Å². The lowest BCUT2D eigenvalue weighted by atomic mass is 10.2. The first-order chi connectivity index (χ1) is 8.66. The van der Waals surface area contributed by atoms with E-state index in [1.807, 2.05) is 41.8 Å². The third kappa shape index (κ3) is 1.50. The zero-order chi connectivity index (χ0) is 12.7. The number of rotatable bonds is 1. The van der Waals surface area contributed by atoms with Gasteiger partial charge in [0.15, 0.2) is 0 Å². The molecule has 4 nitrogen and oxygen atoms in total. The van der Waals surface area contributed by atoms with E-state index >= 15 is 0 Å². The smallest absolute Gasteiger partial charge is 0.206 e. The molecule has 0 spiro atoms. The molecule has 1 aromatic heterocycles. The summed E-state index contributed by atoms with van der Waals surface area (Å²) >= 11 is 0. The Bertz CT molecular complexity index is 731. The van der Waals surface area contributed by atoms with Gasteiger partial charge in [-0.1, -0.05) is 18.2 Å². The molecule has 1 heterocycles. The van der Waals surface area contributed by atoms with Crippen LogP contribution in [0.15, 0.2) is 42.5 Å². The summed E-state index contributed by atoms with van der Waals surface area (Å²) in [4.78, 5) is 4.21. The van der Waals surface area contributed by atoms with Gasteiger partial charge in [0.25, 0.3) is 0 Å². The number of anilines is 1. The molecule has 4 heteroatoms.